The van der Waals surface area contributed by atoms with Crippen LogP contribution in [0.25, 0.3) is 0 Å². The van der Waals surface area contributed by atoms with Crippen LogP contribution in [0.3, 0.4) is 0 Å². The second-order valence-corrected chi connectivity index (χ2v) is 8.64. The number of carbonyl (C=O) groups is 1. The maximum Gasteiger partial charge on any atom is 0.287 e. The van der Waals surface area contributed by atoms with E-state index in [1.54, 1.807) is 4.72 Å². The first-order valence-electron chi connectivity index (χ1n) is 8.83. The Hall–Kier alpha value is -2.88. The number of nitrogens with zero attached hydrogens (tertiary/aromatic N) is 2. The number of nitrogens with one attached hydrogen (secondary N) is 3. The van der Waals surface area contributed by atoms with Gasteiger partial charge in [-0.25, -0.2) is 35.7 Å². The second-order valence-electron chi connectivity index (χ2n) is 6.09. The summed E-state index contributed by atoms with van der Waals surface area (Å²) in [5.74, 6) is -2.64. The second kappa shape index (κ2) is 11.5. The molecule has 2 rings (SSSR count). The van der Waals surface area contributed by atoms with Gasteiger partial charge in [0.05, 0.1) is 28.5 Å². The van der Waals surface area contributed by atoms with Gasteiger partial charge < -0.3 is 15.2 Å². The number of alkyl halides is 4. The molecule has 1 amide bonds. The minimum absolute atomic E-state index is 0.0115. The number of pyridine rings is 1. The lowest BCUT2D eigenvalue weighted by atomic mass is 10.3. The average Bonchev–Trinajstić information content (AvgIpc) is 2.75. The molecule has 0 radical (unpaired) electrons. The Morgan fingerprint density at radius 1 is 1.21 bits per heavy atom. The Labute approximate surface area is 200 Å². The molecule has 34 heavy (non-hydrogen) atoms. The molecule has 1 aromatic heterocycles. The zero-order valence-electron chi connectivity index (χ0n) is 16.8. The van der Waals surface area contributed by atoms with E-state index < -0.39 is 57.6 Å². The van der Waals surface area contributed by atoms with Crippen LogP contribution in [0, 0.1) is 0 Å². The molecule has 0 unspecified atom stereocenters. The van der Waals surface area contributed by atoms with E-state index in [0.29, 0.717) is 6.20 Å². The number of hydrogen-bond acceptors (Lipinski definition) is 8. The normalized spacial score (nSPS) is 12.2. The fourth-order valence-electron chi connectivity index (χ4n) is 2.21. The number of rotatable bonds is 10. The van der Waals surface area contributed by atoms with Crippen molar-refractivity contribution in [2.75, 3.05) is 19.0 Å². The fraction of sp³-hybridized carbons (Fsp3) is 0.235. The number of amides is 1. The number of benzene rings is 1. The maximum atomic E-state index is 12.9. The molecule has 0 saturated heterocycles. The van der Waals surface area contributed by atoms with Crippen LogP contribution in [0.2, 0.25) is 10.0 Å². The molecule has 1 heterocycles. The van der Waals surface area contributed by atoms with Gasteiger partial charge in [0.2, 0.25) is 15.9 Å². The molecule has 1 aromatic carbocycles. The highest BCUT2D eigenvalue weighted by molar-refractivity contribution is 7.89. The lowest BCUT2D eigenvalue weighted by Crippen LogP contribution is -2.33. The van der Waals surface area contributed by atoms with Gasteiger partial charge in [-0.2, -0.15) is 5.10 Å². The molecule has 0 bridgehead atoms. The molecule has 0 atom stereocenters. The van der Waals surface area contributed by atoms with Crippen LogP contribution in [0.15, 0.2) is 34.4 Å². The van der Waals surface area contributed by atoms with Crippen LogP contribution in [-0.2, 0) is 14.8 Å². The highest BCUT2D eigenvalue weighted by Gasteiger charge is 2.23. The predicted octanol–water partition coefficient (Wildman–Crippen LogP) is 3.21. The summed E-state index contributed by atoms with van der Waals surface area (Å²) < 4.78 is 81.8. The third kappa shape index (κ3) is 7.06. The van der Waals surface area contributed by atoms with Crippen LogP contribution in [0.4, 0.5) is 23.2 Å². The number of anilines is 1. The lowest BCUT2D eigenvalue weighted by molar-refractivity contribution is -0.114. The van der Waals surface area contributed by atoms with E-state index in [4.69, 9.17) is 27.9 Å². The van der Waals surface area contributed by atoms with Crippen molar-refractivity contribution >= 4 is 50.5 Å². The van der Waals surface area contributed by atoms with E-state index in [0.717, 1.165) is 25.2 Å². The molecule has 0 fully saturated rings. The Bertz CT molecular complexity index is 1180. The average molecular weight is 548 g/mol. The molecule has 0 aliphatic heterocycles. The molecule has 2 aromatic rings. The third-order valence-corrected chi connectivity index (χ3v) is 5.73. The Morgan fingerprint density at radius 2 is 1.82 bits per heavy atom. The van der Waals surface area contributed by atoms with Crippen LogP contribution >= 0.6 is 23.2 Å². The van der Waals surface area contributed by atoms with Gasteiger partial charge in [0.15, 0.2) is 17.2 Å². The first-order chi connectivity index (χ1) is 15.9. The van der Waals surface area contributed by atoms with E-state index in [1.807, 2.05) is 5.32 Å². The van der Waals surface area contributed by atoms with Gasteiger partial charge in [0.1, 0.15) is 4.90 Å². The first-order valence-corrected chi connectivity index (χ1v) is 11.1. The zero-order chi connectivity index (χ0) is 25.6. The maximum absolute atomic E-state index is 12.9. The van der Waals surface area contributed by atoms with Gasteiger partial charge in [-0.3, -0.25) is 10.2 Å². The van der Waals surface area contributed by atoms with Crippen molar-refractivity contribution in [3.63, 3.8) is 0 Å². The third-order valence-electron chi connectivity index (χ3n) is 3.72. The van der Waals surface area contributed by atoms with Crippen molar-refractivity contribution in [1.82, 2.24) is 15.0 Å². The molecule has 186 valence electrons. The van der Waals surface area contributed by atoms with Crippen molar-refractivity contribution in [3.8, 4) is 17.4 Å². The van der Waals surface area contributed by atoms with Crippen molar-refractivity contribution in [1.29, 1.82) is 0 Å². The van der Waals surface area contributed by atoms with Crippen LogP contribution in [0.5, 0.6) is 17.4 Å². The number of aromatic hydroxyl groups is 1. The molecule has 0 aliphatic rings. The Balaban J connectivity index is 2.31. The molecule has 4 N–H and O–H groups in total. The van der Waals surface area contributed by atoms with E-state index in [9.17, 15) is 35.9 Å². The number of hydrazone groups is 1. The lowest BCUT2D eigenvalue weighted by Gasteiger charge is -2.13. The number of hydrogen-bond donors (Lipinski definition) is 4. The molecule has 0 spiro atoms. The van der Waals surface area contributed by atoms with Crippen molar-refractivity contribution in [2.24, 2.45) is 5.10 Å². The minimum atomic E-state index is -4.54. The number of ether oxygens (including phenoxy) is 1. The van der Waals surface area contributed by atoms with E-state index in [-0.39, 0.29) is 21.5 Å². The fourth-order valence-corrected chi connectivity index (χ4v) is 3.86. The molecule has 17 heteroatoms. The summed E-state index contributed by atoms with van der Waals surface area (Å²) in [4.78, 5) is 14.3. The highest BCUT2D eigenvalue weighted by Crippen LogP contribution is 2.39. The monoisotopic (exact) mass is 547 g/mol. The van der Waals surface area contributed by atoms with Crippen LogP contribution in [0.1, 0.15) is 0 Å². The smallest absolute Gasteiger partial charge is 0.287 e. The van der Waals surface area contributed by atoms with E-state index >= 15 is 0 Å². The summed E-state index contributed by atoms with van der Waals surface area (Å²) in [6, 6.07) is 3.02. The van der Waals surface area contributed by atoms with Crippen molar-refractivity contribution in [2.45, 2.75) is 17.7 Å². The van der Waals surface area contributed by atoms with Gasteiger partial charge in [-0.1, -0.05) is 23.2 Å². The number of sulfonamides is 1. The number of aromatic nitrogens is 1. The topological polar surface area (TPSA) is 142 Å². The molecular weight excluding hydrogens is 533 g/mol. The van der Waals surface area contributed by atoms with Crippen molar-refractivity contribution < 1.29 is 40.6 Å². The predicted molar refractivity (Wildman–Crippen MR) is 115 cm³/mol. The summed E-state index contributed by atoms with van der Waals surface area (Å²) >= 11 is 12.2. The molecular formula is C17H15Cl2F4N5O5S. The van der Waals surface area contributed by atoms with Gasteiger partial charge in [-0.15, -0.1) is 0 Å². The Kier molecular flexibility index (Phi) is 9.26. The Morgan fingerprint density at radius 3 is 2.35 bits per heavy atom. The quantitative estimate of drug-likeness (QED) is 0.203. The summed E-state index contributed by atoms with van der Waals surface area (Å²) in [5.41, 5.74) is 1.09. The number of halogens is 6. The van der Waals surface area contributed by atoms with E-state index in [2.05, 4.69) is 15.5 Å². The summed E-state index contributed by atoms with van der Waals surface area (Å²) in [6.45, 7) is -1.19. The minimum Gasteiger partial charge on any atom is -0.505 e. The van der Waals surface area contributed by atoms with Gasteiger partial charge in [0, 0.05) is 13.1 Å². The van der Waals surface area contributed by atoms with E-state index in [1.165, 1.54) is 0 Å². The van der Waals surface area contributed by atoms with Gasteiger partial charge >= 0.3 is 0 Å². The van der Waals surface area contributed by atoms with Gasteiger partial charge in [0.25, 0.3) is 18.8 Å². The van der Waals surface area contributed by atoms with Crippen molar-refractivity contribution in [3.05, 3.63) is 34.4 Å². The SMILES string of the molecule is CNC(=O)/C(=N\Nc1cc(Cl)c(Oc2cc(S(=O)(=O)NCC(F)F)c(O)cn2)c(Cl)c1)C(F)F. The summed E-state index contributed by atoms with van der Waals surface area (Å²) in [5, 5.41) is 14.7. The molecule has 0 saturated carbocycles. The summed E-state index contributed by atoms with van der Waals surface area (Å²) in [6.07, 6.45) is -5.46. The molecule has 10 nitrogen and oxygen atoms in total. The van der Waals surface area contributed by atoms with Crippen LogP contribution in [-0.4, -0.2) is 56.6 Å². The standard InChI is InChI=1S/C17H15Cl2F4N5O5S/c1-24-17(30)14(16(22)23)28-27-7-2-8(18)15(9(19)3-7)33-13-4-11(10(29)5-25-13)34(31,32)26-6-12(20)21/h2-5,12,16,26-27,29H,6H2,1H3,(H,24,30)/b28-14-. The first kappa shape index (κ1) is 27.4. The van der Waals surface area contributed by atoms with Gasteiger partial charge in [-0.05, 0) is 12.1 Å². The zero-order valence-corrected chi connectivity index (χ0v) is 19.2. The largest absolute Gasteiger partial charge is 0.505 e. The summed E-state index contributed by atoms with van der Waals surface area (Å²) in [7, 11) is -3.40. The highest BCUT2D eigenvalue weighted by atomic mass is 35.5. The molecule has 0 aliphatic carbocycles. The van der Waals surface area contributed by atoms with Crippen LogP contribution < -0.4 is 20.2 Å². The number of carbonyl (C=O) groups excluding carboxylic acids is 1.